The highest BCUT2D eigenvalue weighted by atomic mass is 31.2. The minimum atomic E-state index is -5.49. The standard InChI is InChI=1S/C2H9NO6P2/c1-2(3,10(4,5)6)11(7,8)9/h3H2,1H3,(H2,4,5,6)(H2,7,8,9)/p-3. The van der Waals surface area contributed by atoms with Crippen molar-refractivity contribution in [1.29, 1.82) is 0 Å². The Morgan fingerprint density at radius 3 is 1.27 bits per heavy atom. The van der Waals surface area contributed by atoms with Crippen LogP contribution in [0, 0.1) is 0 Å². The third-order valence-electron chi connectivity index (χ3n) is 1.18. The minimum Gasteiger partial charge on any atom is -0.806 e. The minimum absolute atomic E-state index is 0.467. The summed E-state index contributed by atoms with van der Waals surface area (Å²) >= 11 is 0. The number of hydrogen-bond acceptors (Lipinski definition) is 6. The molecule has 0 bridgehead atoms. The van der Waals surface area contributed by atoms with E-state index in [9.17, 15) is 28.7 Å². The van der Waals surface area contributed by atoms with Gasteiger partial charge in [-0.2, -0.15) is 0 Å². The molecule has 0 heterocycles. The molecule has 0 fully saturated rings. The summed E-state index contributed by atoms with van der Waals surface area (Å²) in [6, 6.07) is 0. The molecular weight excluding hydrogens is 196 g/mol. The van der Waals surface area contributed by atoms with Crippen molar-refractivity contribution < 1.29 is 34.4 Å². The Hall–Kier alpha value is 0.260. The van der Waals surface area contributed by atoms with Gasteiger partial charge in [0.2, 0.25) is 0 Å². The van der Waals surface area contributed by atoms with Crippen molar-refractivity contribution in [2.24, 2.45) is 0 Å². The molecule has 0 aliphatic carbocycles. The third kappa shape index (κ3) is 2.10. The van der Waals surface area contributed by atoms with Crippen LogP contribution in [0.2, 0.25) is 0 Å². The first kappa shape index (κ1) is 11.3. The predicted molar refractivity (Wildman–Crippen MR) is 26.5 cm³/mol. The van der Waals surface area contributed by atoms with Gasteiger partial charge in [0.05, 0.1) is 0 Å². The molecule has 0 atom stereocenters. The van der Waals surface area contributed by atoms with Crippen molar-refractivity contribution in [3.63, 3.8) is 0 Å². The molecule has 0 aromatic heterocycles. The molecule has 0 rings (SSSR count). The van der Waals surface area contributed by atoms with Crippen LogP contribution in [0.4, 0.5) is 0 Å². The highest BCUT2D eigenvalue weighted by Gasteiger charge is 2.31. The largest absolute Gasteiger partial charge is 0.806 e. The van der Waals surface area contributed by atoms with Crippen molar-refractivity contribution in [2.75, 3.05) is 0 Å². The van der Waals surface area contributed by atoms with E-state index in [2.05, 4.69) is 5.73 Å². The Labute approximate surface area is 62.5 Å². The van der Waals surface area contributed by atoms with Gasteiger partial charge in [0.1, 0.15) is 5.02 Å². The summed E-state index contributed by atoms with van der Waals surface area (Å²) in [7, 11) is -11.0. The van der Waals surface area contributed by atoms with Crippen molar-refractivity contribution in [3.05, 3.63) is 0 Å². The average Bonchev–Trinajstić information content (AvgIpc) is 1.58. The molecule has 11 heavy (non-hydrogen) atoms. The highest BCUT2D eigenvalue weighted by Crippen LogP contribution is 2.54. The van der Waals surface area contributed by atoms with Crippen LogP contribution in [-0.4, -0.2) is 5.02 Å². The Bertz CT molecular complexity index is 211. The predicted octanol–water partition coefficient (Wildman–Crippen LogP) is -4.27. The van der Waals surface area contributed by atoms with E-state index in [1.807, 2.05) is 0 Å². The first-order chi connectivity index (χ1) is 4.50. The summed E-state index contributed by atoms with van der Waals surface area (Å²) in [5.74, 6) is 0. The van der Waals surface area contributed by atoms with E-state index in [1.165, 1.54) is 0 Å². The molecule has 0 radical (unpaired) electrons. The van der Waals surface area contributed by atoms with Gasteiger partial charge in [-0.3, -0.25) is 0 Å². The Morgan fingerprint density at radius 1 is 1.09 bits per heavy atom. The van der Waals surface area contributed by atoms with Gasteiger partial charge in [0.15, 0.2) is 0 Å². The molecule has 0 amide bonds. The molecule has 9 heteroatoms. The van der Waals surface area contributed by atoms with E-state index in [4.69, 9.17) is 0 Å². The van der Waals surface area contributed by atoms with Gasteiger partial charge in [-0.25, -0.2) is 0 Å². The van der Waals surface area contributed by atoms with E-state index in [0.717, 1.165) is 0 Å². The summed E-state index contributed by atoms with van der Waals surface area (Å²) in [4.78, 5) is 40.5. The summed E-state index contributed by atoms with van der Waals surface area (Å²) in [6.45, 7) is 0.467. The van der Waals surface area contributed by atoms with Crippen molar-refractivity contribution in [1.82, 2.24) is 0 Å². The van der Waals surface area contributed by atoms with Gasteiger partial charge in [-0.05, 0) is 6.92 Å². The maximum Gasteiger partial charge on any atom is 0.141 e. The van der Waals surface area contributed by atoms with Crippen LogP contribution in [0.15, 0.2) is 0 Å². The fourth-order valence-electron chi connectivity index (χ4n) is 0.150. The van der Waals surface area contributed by atoms with Gasteiger partial charge >= 0.3 is 0 Å². The van der Waals surface area contributed by atoms with Crippen LogP contribution >= 0.6 is 15.2 Å². The lowest BCUT2D eigenvalue weighted by Gasteiger charge is -2.51. The molecule has 0 aliphatic rings. The topological polar surface area (TPSA) is 154 Å². The summed E-state index contributed by atoms with van der Waals surface area (Å²) in [6.07, 6.45) is 0. The molecule has 0 saturated carbocycles. The summed E-state index contributed by atoms with van der Waals surface area (Å²) in [5, 5.41) is -2.99. The van der Waals surface area contributed by atoms with Crippen LogP contribution in [0.3, 0.4) is 0 Å². The van der Waals surface area contributed by atoms with Crippen molar-refractivity contribution in [2.45, 2.75) is 11.9 Å². The third-order valence-corrected chi connectivity index (χ3v) is 5.01. The van der Waals surface area contributed by atoms with Crippen LogP contribution < -0.4 is 25.3 Å². The lowest BCUT2D eigenvalue weighted by Crippen LogP contribution is -2.74. The van der Waals surface area contributed by atoms with Crippen LogP contribution in [-0.2, 0) is 9.13 Å². The van der Waals surface area contributed by atoms with Gasteiger partial charge in [0.25, 0.3) is 0 Å². The second-order valence-electron chi connectivity index (χ2n) is 2.21. The molecule has 0 spiro atoms. The summed E-state index contributed by atoms with van der Waals surface area (Å²) < 4.78 is 20.3. The van der Waals surface area contributed by atoms with E-state index >= 15 is 0 Å². The molecule has 0 aromatic carbocycles. The van der Waals surface area contributed by atoms with Gasteiger partial charge in [-0.15, -0.1) is 0 Å². The smallest absolute Gasteiger partial charge is 0.141 e. The lowest BCUT2D eigenvalue weighted by molar-refractivity contribution is -0.470. The number of rotatable bonds is 2. The second kappa shape index (κ2) is 2.64. The first-order valence-corrected chi connectivity index (χ1v) is 5.48. The highest BCUT2D eigenvalue weighted by molar-refractivity contribution is 7.69. The Kier molecular flexibility index (Phi) is 2.70. The SMILES string of the molecule is CC([NH3+])(P(=O)([O-])[O-])P(=O)([O-])[O-]. The van der Waals surface area contributed by atoms with Crippen molar-refractivity contribution >= 4 is 15.2 Å². The lowest BCUT2D eigenvalue weighted by atomic mass is 10.8. The summed E-state index contributed by atoms with van der Waals surface area (Å²) in [5.41, 5.74) is 2.54. The fraction of sp³-hybridized carbons (Fsp3) is 1.00. The van der Waals surface area contributed by atoms with E-state index in [0.29, 0.717) is 6.92 Å². The monoisotopic (exact) mass is 202 g/mol. The van der Waals surface area contributed by atoms with Crippen LogP contribution in [0.5, 0.6) is 0 Å². The number of hydrogen-bond donors (Lipinski definition) is 1. The molecule has 0 unspecified atom stereocenters. The van der Waals surface area contributed by atoms with Gasteiger partial charge < -0.3 is 34.4 Å². The molecule has 68 valence electrons. The Morgan fingerprint density at radius 2 is 1.27 bits per heavy atom. The Balaban J connectivity index is 5.08. The average molecular weight is 202 g/mol. The second-order valence-corrected chi connectivity index (χ2v) is 6.53. The van der Waals surface area contributed by atoms with E-state index in [-0.39, 0.29) is 0 Å². The normalized spacial score (nSPS) is 15.1. The zero-order valence-electron chi connectivity index (χ0n) is 5.55. The fourth-order valence-corrected chi connectivity index (χ4v) is 1.35. The van der Waals surface area contributed by atoms with Gasteiger partial charge in [-0.1, -0.05) is 0 Å². The van der Waals surface area contributed by atoms with Crippen LogP contribution in [0.25, 0.3) is 0 Å². The quantitative estimate of drug-likeness (QED) is 0.447. The molecule has 0 aromatic rings. The van der Waals surface area contributed by atoms with Gasteiger partial charge in [0, 0.05) is 15.2 Å². The first-order valence-electron chi connectivity index (χ1n) is 2.40. The van der Waals surface area contributed by atoms with E-state index in [1.54, 1.807) is 0 Å². The molecule has 3 N–H and O–H groups in total. The van der Waals surface area contributed by atoms with Crippen molar-refractivity contribution in [3.8, 4) is 0 Å². The van der Waals surface area contributed by atoms with Crippen LogP contribution in [0.1, 0.15) is 6.92 Å². The maximum atomic E-state index is 10.1. The molecule has 7 nitrogen and oxygen atoms in total. The number of quaternary nitrogens is 1. The zero-order valence-corrected chi connectivity index (χ0v) is 7.34. The zero-order chi connectivity index (χ0) is 9.50. The maximum absolute atomic E-state index is 10.1. The molecular formula is C2H6NO6P2-3. The van der Waals surface area contributed by atoms with E-state index < -0.39 is 20.2 Å². The molecule has 0 aliphatic heterocycles. The molecule has 0 saturated heterocycles.